The van der Waals surface area contributed by atoms with Crippen molar-refractivity contribution in [3.63, 3.8) is 0 Å². The van der Waals surface area contributed by atoms with E-state index in [0.29, 0.717) is 5.39 Å². The molecule has 0 aromatic heterocycles. The molecule has 0 spiro atoms. The fraction of sp³-hybridized carbons (Fsp3) is 0.312. The first kappa shape index (κ1) is 17.4. The van der Waals surface area contributed by atoms with E-state index in [2.05, 4.69) is 4.72 Å². The van der Waals surface area contributed by atoms with E-state index >= 15 is 0 Å². The van der Waals surface area contributed by atoms with Gasteiger partial charge in [0, 0.05) is 12.5 Å². The van der Waals surface area contributed by atoms with E-state index in [4.69, 9.17) is 4.74 Å². The van der Waals surface area contributed by atoms with Crippen LogP contribution in [-0.2, 0) is 19.6 Å². The van der Waals surface area contributed by atoms with Gasteiger partial charge in [0.05, 0.1) is 11.5 Å². The lowest BCUT2D eigenvalue weighted by Crippen LogP contribution is -2.55. The summed E-state index contributed by atoms with van der Waals surface area (Å²) in [6, 6.07) is 10.3. The molecule has 0 aliphatic carbocycles. The number of carbonyl (C=O) groups is 1. The molecule has 1 atom stereocenters. The molecule has 0 amide bonds. The van der Waals surface area contributed by atoms with Crippen molar-refractivity contribution in [3.05, 3.63) is 42.0 Å². The van der Waals surface area contributed by atoms with Crippen LogP contribution in [0.15, 0.2) is 41.3 Å². The van der Waals surface area contributed by atoms with Gasteiger partial charge in [0.15, 0.2) is 5.54 Å². The Morgan fingerprint density at radius 1 is 1.22 bits per heavy atom. The van der Waals surface area contributed by atoms with Gasteiger partial charge >= 0.3 is 5.97 Å². The number of sulfonamides is 1. The molecule has 2 aromatic carbocycles. The molecule has 1 unspecified atom stereocenters. The minimum absolute atomic E-state index is 0.0438. The summed E-state index contributed by atoms with van der Waals surface area (Å²) >= 11 is 0. The second kappa shape index (κ2) is 6.27. The summed E-state index contributed by atoms with van der Waals surface area (Å²) in [6.45, 7) is 2.87. The predicted octanol–water partition coefficient (Wildman–Crippen LogP) is 1.92. The van der Waals surface area contributed by atoms with Crippen molar-refractivity contribution >= 4 is 26.8 Å². The van der Waals surface area contributed by atoms with E-state index < -0.39 is 21.5 Å². The summed E-state index contributed by atoms with van der Waals surface area (Å²) in [5.41, 5.74) is -0.808. The molecular weight excluding hydrogens is 318 g/mol. The van der Waals surface area contributed by atoms with Crippen LogP contribution < -0.4 is 4.72 Å². The van der Waals surface area contributed by atoms with Crippen LogP contribution in [0.4, 0.5) is 0 Å². The van der Waals surface area contributed by atoms with Gasteiger partial charge in [-0.3, -0.25) is 4.79 Å². The van der Waals surface area contributed by atoms with Crippen LogP contribution in [0.25, 0.3) is 10.8 Å². The van der Waals surface area contributed by atoms with Crippen LogP contribution in [-0.4, -0.2) is 38.7 Å². The molecule has 0 saturated carbocycles. The molecule has 0 fully saturated rings. The SMILES string of the molecule is COCC(C)(NS(=O)(=O)c1ccc(C)c2ccccc12)C(=O)O. The minimum atomic E-state index is -4.04. The number of aryl methyl sites for hydroxylation is 1. The Hall–Kier alpha value is -1.96. The number of hydrogen-bond donors (Lipinski definition) is 2. The van der Waals surface area contributed by atoms with Crippen LogP contribution in [0.3, 0.4) is 0 Å². The smallest absolute Gasteiger partial charge is 0.327 e. The van der Waals surface area contributed by atoms with Crippen molar-refractivity contribution in [1.82, 2.24) is 4.72 Å². The van der Waals surface area contributed by atoms with Gasteiger partial charge in [-0.25, -0.2) is 8.42 Å². The third kappa shape index (κ3) is 3.36. The number of carboxylic acid groups (broad SMARTS) is 1. The largest absolute Gasteiger partial charge is 0.480 e. The maximum atomic E-state index is 12.7. The summed E-state index contributed by atoms with van der Waals surface area (Å²) in [5.74, 6) is -1.31. The molecule has 124 valence electrons. The molecule has 7 heteroatoms. The average Bonchev–Trinajstić information content (AvgIpc) is 2.47. The second-order valence-corrected chi connectivity index (χ2v) is 7.25. The number of fused-ring (bicyclic) bond motifs is 1. The molecule has 0 bridgehead atoms. The molecule has 23 heavy (non-hydrogen) atoms. The van der Waals surface area contributed by atoms with Crippen LogP contribution >= 0.6 is 0 Å². The van der Waals surface area contributed by atoms with Crippen LogP contribution in [0.1, 0.15) is 12.5 Å². The quantitative estimate of drug-likeness (QED) is 0.840. The van der Waals surface area contributed by atoms with Crippen LogP contribution in [0.2, 0.25) is 0 Å². The van der Waals surface area contributed by atoms with Crippen molar-refractivity contribution in [2.75, 3.05) is 13.7 Å². The summed E-state index contributed by atoms with van der Waals surface area (Å²) in [4.78, 5) is 11.5. The third-order valence-electron chi connectivity index (χ3n) is 3.66. The standard InChI is InChI=1S/C16H19NO5S/c1-11-8-9-14(13-7-5-4-6-12(11)13)23(20,21)17-16(2,10-22-3)15(18)19/h4-9,17H,10H2,1-3H3,(H,18,19). The summed E-state index contributed by atoms with van der Waals surface area (Å²) in [7, 11) is -2.72. The summed E-state index contributed by atoms with van der Waals surface area (Å²) < 4.78 is 32.5. The van der Waals surface area contributed by atoms with E-state index in [1.807, 2.05) is 19.1 Å². The topological polar surface area (TPSA) is 92.7 Å². The summed E-state index contributed by atoms with van der Waals surface area (Å²) in [6.07, 6.45) is 0. The molecule has 0 heterocycles. The number of methoxy groups -OCH3 is 1. The van der Waals surface area contributed by atoms with Gasteiger partial charge in [0.2, 0.25) is 10.0 Å². The van der Waals surface area contributed by atoms with Crippen LogP contribution in [0, 0.1) is 6.92 Å². The summed E-state index contributed by atoms with van der Waals surface area (Å²) in [5, 5.41) is 10.7. The first-order valence-electron chi connectivity index (χ1n) is 6.96. The Balaban J connectivity index is 2.57. The Bertz CT molecular complexity index is 847. The van der Waals surface area contributed by atoms with Gasteiger partial charge < -0.3 is 9.84 Å². The van der Waals surface area contributed by atoms with Crippen LogP contribution in [0.5, 0.6) is 0 Å². The fourth-order valence-electron chi connectivity index (χ4n) is 2.43. The maximum absolute atomic E-state index is 12.7. The predicted molar refractivity (Wildman–Crippen MR) is 86.9 cm³/mol. The van der Waals surface area contributed by atoms with Gasteiger partial charge in [-0.1, -0.05) is 30.3 Å². The Kier molecular flexibility index (Phi) is 4.74. The number of hydrogen-bond acceptors (Lipinski definition) is 4. The Labute approximate surface area is 135 Å². The van der Waals surface area contributed by atoms with Crippen molar-refractivity contribution in [1.29, 1.82) is 0 Å². The van der Waals surface area contributed by atoms with Gasteiger partial charge in [0.1, 0.15) is 0 Å². The molecule has 6 nitrogen and oxygen atoms in total. The van der Waals surface area contributed by atoms with Gasteiger partial charge in [-0.2, -0.15) is 4.72 Å². The highest BCUT2D eigenvalue weighted by Gasteiger charge is 2.38. The third-order valence-corrected chi connectivity index (χ3v) is 5.31. The number of carboxylic acids is 1. The number of benzene rings is 2. The number of rotatable bonds is 6. The van der Waals surface area contributed by atoms with Crippen molar-refractivity contribution in [2.24, 2.45) is 0 Å². The molecule has 2 rings (SSSR count). The monoisotopic (exact) mass is 337 g/mol. The number of aliphatic carboxylic acids is 1. The molecule has 0 aliphatic rings. The normalized spacial score (nSPS) is 14.6. The Morgan fingerprint density at radius 2 is 1.83 bits per heavy atom. The van der Waals surface area contributed by atoms with Gasteiger partial charge in [-0.05, 0) is 30.9 Å². The zero-order chi connectivity index (χ0) is 17.3. The molecule has 0 saturated heterocycles. The van der Waals surface area contributed by atoms with E-state index in [9.17, 15) is 18.3 Å². The molecule has 0 radical (unpaired) electrons. The molecule has 2 N–H and O–H groups in total. The van der Waals surface area contributed by atoms with E-state index in [1.165, 1.54) is 20.1 Å². The first-order valence-corrected chi connectivity index (χ1v) is 8.44. The highest BCUT2D eigenvalue weighted by Crippen LogP contribution is 2.26. The van der Waals surface area contributed by atoms with E-state index in [0.717, 1.165) is 10.9 Å². The fourth-order valence-corrected chi connectivity index (χ4v) is 4.00. The zero-order valence-electron chi connectivity index (χ0n) is 13.2. The second-order valence-electron chi connectivity index (χ2n) is 5.60. The van der Waals surface area contributed by atoms with E-state index in [1.54, 1.807) is 18.2 Å². The Morgan fingerprint density at radius 3 is 2.39 bits per heavy atom. The number of ether oxygens (including phenoxy) is 1. The van der Waals surface area contributed by atoms with Crippen molar-refractivity contribution in [2.45, 2.75) is 24.3 Å². The lowest BCUT2D eigenvalue weighted by atomic mass is 10.1. The van der Waals surface area contributed by atoms with Crippen molar-refractivity contribution < 1.29 is 23.1 Å². The van der Waals surface area contributed by atoms with Crippen molar-refractivity contribution in [3.8, 4) is 0 Å². The molecular formula is C16H19NO5S. The van der Waals surface area contributed by atoms with Gasteiger partial charge in [-0.15, -0.1) is 0 Å². The van der Waals surface area contributed by atoms with E-state index in [-0.39, 0.29) is 11.5 Å². The number of nitrogens with one attached hydrogen (secondary N) is 1. The lowest BCUT2D eigenvalue weighted by Gasteiger charge is -2.25. The minimum Gasteiger partial charge on any atom is -0.480 e. The average molecular weight is 337 g/mol. The van der Waals surface area contributed by atoms with Gasteiger partial charge in [0.25, 0.3) is 0 Å². The highest BCUT2D eigenvalue weighted by atomic mass is 32.2. The first-order chi connectivity index (χ1) is 10.7. The molecule has 2 aromatic rings. The zero-order valence-corrected chi connectivity index (χ0v) is 14.0. The maximum Gasteiger partial charge on any atom is 0.327 e. The lowest BCUT2D eigenvalue weighted by molar-refractivity contribution is -0.145. The highest BCUT2D eigenvalue weighted by molar-refractivity contribution is 7.89. The molecule has 0 aliphatic heterocycles.